The molecule has 4 nitrogen and oxygen atoms in total. The van der Waals surface area contributed by atoms with E-state index in [1.807, 2.05) is 35.6 Å². The summed E-state index contributed by atoms with van der Waals surface area (Å²) in [5, 5.41) is 8.30. The summed E-state index contributed by atoms with van der Waals surface area (Å²) in [6.07, 6.45) is 11.9. The number of aromatic nitrogens is 4. The number of aryl methyl sites for hydroxylation is 2. The number of hydrogen-bond acceptors (Lipinski definition) is 2. The van der Waals surface area contributed by atoms with Crippen LogP contribution in [0.4, 0.5) is 0 Å². The van der Waals surface area contributed by atoms with Crippen molar-refractivity contribution in [3.63, 3.8) is 0 Å². The maximum atomic E-state index is 4.15. The number of nitrogens with zero attached hydrogens (tertiary/aromatic N) is 4. The van der Waals surface area contributed by atoms with Gasteiger partial charge >= 0.3 is 0 Å². The van der Waals surface area contributed by atoms with Crippen LogP contribution in [-0.4, -0.2) is 19.6 Å². The third-order valence-electron chi connectivity index (χ3n) is 3.55. The van der Waals surface area contributed by atoms with Crippen LogP contribution in [0, 0.1) is 0 Å². The second-order valence-electron chi connectivity index (χ2n) is 5.09. The van der Waals surface area contributed by atoms with Crippen molar-refractivity contribution in [1.82, 2.24) is 19.6 Å². The molecule has 22 heavy (non-hydrogen) atoms. The molecule has 1 aromatic carbocycles. The molecule has 0 saturated heterocycles. The van der Waals surface area contributed by atoms with Gasteiger partial charge in [0.1, 0.15) is 0 Å². The normalized spacial score (nSPS) is 11.7. The number of benzene rings is 1. The molecule has 3 aromatic rings. The molecule has 0 aliphatic heterocycles. The molecule has 0 radical (unpaired) electrons. The highest BCUT2D eigenvalue weighted by molar-refractivity contribution is 5.71. The van der Waals surface area contributed by atoms with E-state index in [9.17, 15) is 0 Å². The topological polar surface area (TPSA) is 35.6 Å². The fourth-order valence-electron chi connectivity index (χ4n) is 2.18. The predicted molar refractivity (Wildman–Crippen MR) is 90.7 cm³/mol. The van der Waals surface area contributed by atoms with E-state index in [4.69, 9.17) is 0 Å². The van der Waals surface area contributed by atoms with Crippen LogP contribution in [0.15, 0.2) is 48.8 Å². The summed E-state index contributed by atoms with van der Waals surface area (Å²) in [6.45, 7) is 0. The molecule has 2 aromatic heterocycles. The van der Waals surface area contributed by atoms with E-state index in [1.54, 1.807) is 12.4 Å². The van der Waals surface area contributed by atoms with Gasteiger partial charge in [-0.05, 0) is 35.4 Å². The van der Waals surface area contributed by atoms with E-state index < -0.39 is 0 Å². The lowest BCUT2D eigenvalue weighted by molar-refractivity contribution is 0.760. The summed E-state index contributed by atoms with van der Waals surface area (Å²) in [5.41, 5.74) is 4.50. The maximum Gasteiger partial charge on any atom is 0.0606 e. The van der Waals surface area contributed by atoms with Gasteiger partial charge in [0, 0.05) is 26.5 Å². The number of rotatable bonds is 4. The zero-order valence-electron chi connectivity index (χ0n) is 12.7. The first kappa shape index (κ1) is 14.1. The fourth-order valence-corrected chi connectivity index (χ4v) is 2.18. The molecule has 0 fully saturated rings. The molecule has 4 heteroatoms. The SMILES string of the molecule is Cn1nccc1/C=C/c1ccc(/C=C/c2ccnn2C)cc1. The van der Waals surface area contributed by atoms with Gasteiger partial charge in [-0.1, -0.05) is 36.4 Å². The third-order valence-corrected chi connectivity index (χ3v) is 3.55. The van der Waals surface area contributed by atoms with Crippen molar-refractivity contribution in [3.05, 3.63) is 71.3 Å². The van der Waals surface area contributed by atoms with Gasteiger partial charge in [-0.25, -0.2) is 0 Å². The summed E-state index contributed by atoms with van der Waals surface area (Å²) in [4.78, 5) is 0. The first-order valence-corrected chi connectivity index (χ1v) is 7.14. The Hall–Kier alpha value is -2.88. The van der Waals surface area contributed by atoms with Gasteiger partial charge in [0.05, 0.1) is 11.4 Å². The minimum absolute atomic E-state index is 1.08. The Bertz CT molecular complexity index is 734. The average molecular weight is 290 g/mol. The van der Waals surface area contributed by atoms with Gasteiger partial charge in [-0.15, -0.1) is 0 Å². The van der Waals surface area contributed by atoms with Crippen molar-refractivity contribution >= 4 is 24.3 Å². The lowest BCUT2D eigenvalue weighted by Gasteiger charge is -1.98. The second-order valence-corrected chi connectivity index (χ2v) is 5.09. The minimum Gasteiger partial charge on any atom is -0.269 e. The zero-order valence-corrected chi connectivity index (χ0v) is 12.7. The van der Waals surface area contributed by atoms with Crippen molar-refractivity contribution in [2.24, 2.45) is 14.1 Å². The van der Waals surface area contributed by atoms with Crippen LogP contribution in [0.1, 0.15) is 22.5 Å². The van der Waals surface area contributed by atoms with E-state index in [1.165, 1.54) is 11.1 Å². The van der Waals surface area contributed by atoms with Crippen LogP contribution in [-0.2, 0) is 14.1 Å². The smallest absolute Gasteiger partial charge is 0.0606 e. The predicted octanol–water partition coefficient (Wildman–Crippen LogP) is 3.49. The first-order chi connectivity index (χ1) is 10.7. The summed E-state index contributed by atoms with van der Waals surface area (Å²) < 4.78 is 3.70. The highest BCUT2D eigenvalue weighted by Crippen LogP contribution is 2.12. The van der Waals surface area contributed by atoms with Gasteiger partial charge in [0.2, 0.25) is 0 Å². The zero-order chi connectivity index (χ0) is 15.4. The van der Waals surface area contributed by atoms with Crippen molar-refractivity contribution in [2.75, 3.05) is 0 Å². The van der Waals surface area contributed by atoms with E-state index in [-0.39, 0.29) is 0 Å². The maximum absolute atomic E-state index is 4.15. The minimum atomic E-state index is 1.08. The molecule has 2 heterocycles. The molecule has 0 bridgehead atoms. The van der Waals surface area contributed by atoms with E-state index in [2.05, 4.69) is 58.8 Å². The molecule has 110 valence electrons. The largest absolute Gasteiger partial charge is 0.269 e. The summed E-state index contributed by atoms with van der Waals surface area (Å²) >= 11 is 0. The molecule has 0 N–H and O–H groups in total. The first-order valence-electron chi connectivity index (χ1n) is 7.14. The van der Waals surface area contributed by atoms with Gasteiger partial charge in [0.25, 0.3) is 0 Å². The quantitative estimate of drug-likeness (QED) is 0.737. The molecule has 0 spiro atoms. The summed E-state index contributed by atoms with van der Waals surface area (Å²) in [7, 11) is 3.87. The lowest BCUT2D eigenvalue weighted by Crippen LogP contribution is -1.91. The van der Waals surface area contributed by atoms with Crippen LogP contribution in [0.2, 0.25) is 0 Å². The molecule has 0 saturated carbocycles. The van der Waals surface area contributed by atoms with Gasteiger partial charge in [-0.2, -0.15) is 10.2 Å². The Balaban J connectivity index is 1.70. The fraction of sp³-hybridized carbons (Fsp3) is 0.111. The Labute approximate surface area is 130 Å². The van der Waals surface area contributed by atoms with Crippen molar-refractivity contribution in [2.45, 2.75) is 0 Å². The van der Waals surface area contributed by atoms with E-state index >= 15 is 0 Å². The van der Waals surface area contributed by atoms with Crippen LogP contribution in [0.3, 0.4) is 0 Å². The molecule has 3 rings (SSSR count). The Morgan fingerprint density at radius 1 is 0.636 bits per heavy atom. The van der Waals surface area contributed by atoms with Gasteiger partial charge < -0.3 is 0 Å². The summed E-state index contributed by atoms with van der Waals surface area (Å²) in [5.74, 6) is 0. The van der Waals surface area contributed by atoms with Crippen LogP contribution >= 0.6 is 0 Å². The van der Waals surface area contributed by atoms with Crippen LogP contribution < -0.4 is 0 Å². The van der Waals surface area contributed by atoms with Crippen LogP contribution in [0.5, 0.6) is 0 Å². The molecular weight excluding hydrogens is 272 g/mol. The van der Waals surface area contributed by atoms with Gasteiger partial charge in [-0.3, -0.25) is 9.36 Å². The second kappa shape index (κ2) is 6.26. The number of hydrogen-bond donors (Lipinski definition) is 0. The molecular formula is C18H18N4. The third kappa shape index (κ3) is 3.23. The molecule has 0 aliphatic rings. The van der Waals surface area contributed by atoms with Gasteiger partial charge in [0.15, 0.2) is 0 Å². The van der Waals surface area contributed by atoms with Crippen molar-refractivity contribution in [3.8, 4) is 0 Å². The molecule has 0 atom stereocenters. The van der Waals surface area contributed by atoms with Crippen molar-refractivity contribution < 1.29 is 0 Å². The van der Waals surface area contributed by atoms with Crippen molar-refractivity contribution in [1.29, 1.82) is 0 Å². The van der Waals surface area contributed by atoms with Crippen LogP contribution in [0.25, 0.3) is 24.3 Å². The Kier molecular flexibility index (Phi) is 4.01. The Morgan fingerprint density at radius 3 is 1.36 bits per heavy atom. The standard InChI is InChI=1S/C18H18N4/c1-21-17(11-13-19-21)9-7-15-3-5-16(6-4-15)8-10-18-12-14-20-22(18)2/h3-14H,1-2H3/b9-7+,10-8+. The van der Waals surface area contributed by atoms with E-state index in [0.29, 0.717) is 0 Å². The molecule has 0 unspecified atom stereocenters. The average Bonchev–Trinajstić information content (AvgIpc) is 3.12. The van der Waals surface area contributed by atoms with E-state index in [0.717, 1.165) is 11.4 Å². The molecule has 0 amide bonds. The lowest BCUT2D eigenvalue weighted by atomic mass is 10.1. The highest BCUT2D eigenvalue weighted by Gasteiger charge is 1.94. The monoisotopic (exact) mass is 290 g/mol. The summed E-state index contributed by atoms with van der Waals surface area (Å²) in [6, 6.07) is 12.4. The highest BCUT2D eigenvalue weighted by atomic mass is 15.3. The Morgan fingerprint density at radius 2 is 1.05 bits per heavy atom. The molecule has 0 aliphatic carbocycles.